The van der Waals surface area contributed by atoms with Gasteiger partial charge in [0.1, 0.15) is 29.4 Å². The number of aromatic nitrogens is 1. The number of carbonyl (C=O) groups is 4. The van der Waals surface area contributed by atoms with Crippen LogP contribution in [0.3, 0.4) is 0 Å². The van der Waals surface area contributed by atoms with E-state index in [9.17, 15) is 28.0 Å². The Hall–Kier alpha value is -3.96. The summed E-state index contributed by atoms with van der Waals surface area (Å²) in [5, 5.41) is 7.55. The van der Waals surface area contributed by atoms with Gasteiger partial charge in [0.15, 0.2) is 0 Å². The summed E-state index contributed by atoms with van der Waals surface area (Å²) in [6.45, 7) is 3.75. The molecule has 10 nitrogen and oxygen atoms in total. The molecule has 0 spiro atoms. The second-order valence-electron chi connectivity index (χ2n) is 9.23. The zero-order valence-electron chi connectivity index (χ0n) is 20.3. The summed E-state index contributed by atoms with van der Waals surface area (Å²) in [4.78, 5) is 52.1. The molecule has 194 valence electrons. The number of nitrogens with two attached hydrogens (primary N) is 1. The van der Waals surface area contributed by atoms with Gasteiger partial charge >= 0.3 is 6.03 Å². The van der Waals surface area contributed by atoms with Crippen molar-refractivity contribution in [3.63, 3.8) is 0 Å². The molecule has 0 radical (unpaired) electrons. The van der Waals surface area contributed by atoms with Crippen molar-refractivity contribution in [3.8, 4) is 0 Å². The van der Waals surface area contributed by atoms with Crippen LogP contribution in [0, 0.1) is 17.6 Å². The number of benzene rings is 1. The highest BCUT2D eigenvalue weighted by atomic mass is 19.1. The van der Waals surface area contributed by atoms with Gasteiger partial charge in [-0.05, 0) is 43.0 Å². The van der Waals surface area contributed by atoms with Crippen LogP contribution in [0.1, 0.15) is 37.2 Å². The Labute approximate surface area is 207 Å². The van der Waals surface area contributed by atoms with E-state index in [4.69, 9.17) is 5.73 Å². The Morgan fingerprint density at radius 1 is 1.17 bits per heavy atom. The molecular weight excluding hydrogens is 474 g/mol. The number of nitrogens with zero attached hydrogens (tertiary/aromatic N) is 2. The van der Waals surface area contributed by atoms with E-state index in [0.29, 0.717) is 18.2 Å². The smallest absolute Gasteiger partial charge is 0.319 e. The molecule has 5 N–H and O–H groups in total. The lowest BCUT2D eigenvalue weighted by molar-refractivity contribution is -0.130. The maximum Gasteiger partial charge on any atom is 0.319 e. The lowest BCUT2D eigenvalue weighted by atomic mass is 10.0. The van der Waals surface area contributed by atoms with Crippen molar-refractivity contribution in [1.29, 1.82) is 0 Å². The Bertz CT molecular complexity index is 1150. The second-order valence-corrected chi connectivity index (χ2v) is 9.23. The molecule has 1 fully saturated rings. The number of rotatable bonds is 8. The Morgan fingerprint density at radius 2 is 1.89 bits per heavy atom. The molecule has 12 heteroatoms. The quantitative estimate of drug-likeness (QED) is 0.435. The number of likely N-dealkylation sites (tertiary alicyclic amines) is 1. The normalized spacial score (nSPS) is 18.1. The fourth-order valence-corrected chi connectivity index (χ4v) is 4.16. The minimum Gasteiger partial charge on any atom is -0.368 e. The predicted molar refractivity (Wildman–Crippen MR) is 128 cm³/mol. The number of primary amides is 1. The number of hydrogen-bond donors (Lipinski definition) is 4. The standard InChI is InChI=1S/C24H30F2N6O4/c1-13(2)9-18(21(27)33)29-22(34)20-11-15(12-32(20)23(35)19-5-4-8-31(19)3)28-24(36)30-17-7-6-14(25)10-16(17)26/h4-8,10,13,15,18,20H,9,11-12H2,1-3H3,(H2,27,33)(H,29,34)(H2,28,30,36)/t15-,18-,20-/m0/s1. The third-order valence-electron chi connectivity index (χ3n) is 5.91. The van der Waals surface area contributed by atoms with Gasteiger partial charge in [-0.3, -0.25) is 14.4 Å². The number of anilines is 1. The molecule has 0 aliphatic carbocycles. The van der Waals surface area contributed by atoms with E-state index in [1.165, 1.54) is 4.90 Å². The van der Waals surface area contributed by atoms with Gasteiger partial charge in [-0.2, -0.15) is 0 Å². The zero-order valence-corrected chi connectivity index (χ0v) is 20.3. The van der Waals surface area contributed by atoms with Crippen molar-refractivity contribution < 1.29 is 28.0 Å². The average molecular weight is 505 g/mol. The Morgan fingerprint density at radius 3 is 2.47 bits per heavy atom. The number of halogens is 2. The molecule has 1 aliphatic rings. The third kappa shape index (κ3) is 6.37. The van der Waals surface area contributed by atoms with E-state index < -0.39 is 53.5 Å². The van der Waals surface area contributed by atoms with Crippen molar-refractivity contribution in [2.24, 2.45) is 18.7 Å². The maximum atomic E-state index is 13.9. The van der Waals surface area contributed by atoms with E-state index in [0.717, 1.165) is 12.1 Å². The molecule has 0 bridgehead atoms. The zero-order chi connectivity index (χ0) is 26.6. The molecule has 3 atom stereocenters. The van der Waals surface area contributed by atoms with E-state index in [2.05, 4.69) is 16.0 Å². The van der Waals surface area contributed by atoms with Gasteiger partial charge in [0, 0.05) is 25.9 Å². The molecule has 2 aromatic rings. The molecule has 0 unspecified atom stereocenters. The number of hydrogen-bond acceptors (Lipinski definition) is 4. The molecule has 1 saturated heterocycles. The molecule has 2 heterocycles. The van der Waals surface area contributed by atoms with E-state index in [1.54, 1.807) is 29.9 Å². The van der Waals surface area contributed by atoms with Crippen molar-refractivity contribution in [2.75, 3.05) is 11.9 Å². The highest BCUT2D eigenvalue weighted by Gasteiger charge is 2.42. The maximum absolute atomic E-state index is 13.9. The summed E-state index contributed by atoms with van der Waals surface area (Å²) in [5.41, 5.74) is 5.56. The van der Waals surface area contributed by atoms with Crippen molar-refractivity contribution in [1.82, 2.24) is 20.1 Å². The summed E-state index contributed by atoms with van der Waals surface area (Å²) in [6, 6.07) is 2.66. The molecule has 36 heavy (non-hydrogen) atoms. The molecule has 3 rings (SSSR count). The van der Waals surface area contributed by atoms with Crippen LogP contribution >= 0.6 is 0 Å². The highest BCUT2D eigenvalue weighted by Crippen LogP contribution is 2.22. The van der Waals surface area contributed by atoms with E-state index in [-0.39, 0.29) is 24.6 Å². The number of aryl methyl sites for hydroxylation is 1. The number of carbonyl (C=O) groups excluding carboxylic acids is 4. The van der Waals surface area contributed by atoms with Gasteiger partial charge in [-0.1, -0.05) is 13.8 Å². The van der Waals surface area contributed by atoms with Gasteiger partial charge in [0.25, 0.3) is 5.91 Å². The first-order valence-corrected chi connectivity index (χ1v) is 11.5. The fourth-order valence-electron chi connectivity index (χ4n) is 4.16. The first kappa shape index (κ1) is 26.6. The lowest BCUT2D eigenvalue weighted by Gasteiger charge is -2.26. The summed E-state index contributed by atoms with van der Waals surface area (Å²) in [6.07, 6.45) is 2.06. The summed E-state index contributed by atoms with van der Waals surface area (Å²) < 4.78 is 28.6. The molecule has 5 amide bonds. The molecular formula is C24H30F2N6O4. The number of urea groups is 1. The monoisotopic (exact) mass is 504 g/mol. The van der Waals surface area contributed by atoms with Crippen LogP contribution in [-0.2, 0) is 16.6 Å². The van der Waals surface area contributed by atoms with Gasteiger partial charge in [0.05, 0.1) is 11.7 Å². The van der Waals surface area contributed by atoms with Crippen LogP contribution in [0.5, 0.6) is 0 Å². The van der Waals surface area contributed by atoms with Crippen LogP contribution in [0.4, 0.5) is 19.3 Å². The van der Waals surface area contributed by atoms with Gasteiger partial charge < -0.3 is 31.2 Å². The summed E-state index contributed by atoms with van der Waals surface area (Å²) in [5.74, 6) is -3.35. The van der Waals surface area contributed by atoms with Crippen LogP contribution < -0.4 is 21.7 Å². The van der Waals surface area contributed by atoms with Crippen LogP contribution in [-0.4, -0.2) is 57.9 Å². The first-order valence-electron chi connectivity index (χ1n) is 11.5. The average Bonchev–Trinajstić information content (AvgIpc) is 3.40. The van der Waals surface area contributed by atoms with Crippen LogP contribution in [0.15, 0.2) is 36.5 Å². The highest BCUT2D eigenvalue weighted by molar-refractivity contribution is 5.98. The number of nitrogens with one attached hydrogen (secondary N) is 3. The van der Waals surface area contributed by atoms with Crippen molar-refractivity contribution >= 4 is 29.4 Å². The predicted octanol–water partition coefficient (Wildman–Crippen LogP) is 1.72. The lowest BCUT2D eigenvalue weighted by Crippen LogP contribution is -2.52. The third-order valence-corrected chi connectivity index (χ3v) is 5.91. The summed E-state index contributed by atoms with van der Waals surface area (Å²) in [7, 11) is 1.69. The van der Waals surface area contributed by atoms with Crippen LogP contribution in [0.25, 0.3) is 0 Å². The van der Waals surface area contributed by atoms with Gasteiger partial charge in [-0.25, -0.2) is 13.6 Å². The Balaban J connectivity index is 1.77. The van der Waals surface area contributed by atoms with Gasteiger partial charge in [0.2, 0.25) is 11.8 Å². The van der Waals surface area contributed by atoms with Gasteiger partial charge in [-0.15, -0.1) is 0 Å². The topological polar surface area (TPSA) is 139 Å². The minimum atomic E-state index is -0.991. The minimum absolute atomic E-state index is 0.00710. The molecule has 0 saturated carbocycles. The second kappa shape index (κ2) is 11.2. The molecule has 1 aromatic carbocycles. The van der Waals surface area contributed by atoms with Crippen molar-refractivity contribution in [3.05, 3.63) is 53.9 Å². The summed E-state index contributed by atoms with van der Waals surface area (Å²) >= 11 is 0. The molecule has 1 aliphatic heterocycles. The largest absolute Gasteiger partial charge is 0.368 e. The Kier molecular flexibility index (Phi) is 8.28. The van der Waals surface area contributed by atoms with Crippen molar-refractivity contribution in [2.45, 2.75) is 44.8 Å². The first-order chi connectivity index (χ1) is 17.0. The number of amides is 5. The van der Waals surface area contributed by atoms with E-state index in [1.807, 2.05) is 13.8 Å². The van der Waals surface area contributed by atoms with Crippen LogP contribution in [0.2, 0.25) is 0 Å². The molecule has 1 aromatic heterocycles. The SMILES string of the molecule is CC(C)C[C@H](NC(=O)[C@@H]1C[C@H](NC(=O)Nc2ccc(F)cc2F)CN1C(=O)c1cccn1C)C(N)=O. The fraction of sp³-hybridized carbons (Fsp3) is 0.417. The van der Waals surface area contributed by atoms with E-state index >= 15 is 0 Å².